The van der Waals surface area contributed by atoms with E-state index in [1.807, 2.05) is 12.1 Å². The van der Waals surface area contributed by atoms with E-state index in [4.69, 9.17) is 5.73 Å². The summed E-state index contributed by atoms with van der Waals surface area (Å²) in [7, 11) is 0. The fraction of sp³-hybridized carbons (Fsp3) is 0.533. The van der Waals surface area contributed by atoms with Gasteiger partial charge < -0.3 is 11.1 Å². The first-order chi connectivity index (χ1) is 8.40. The normalized spacial score (nSPS) is 11.3. The monoisotopic (exact) mass is 248 g/mol. The largest absolute Gasteiger partial charge is 0.352 e. The number of benzene rings is 1. The van der Waals surface area contributed by atoms with Crippen molar-refractivity contribution in [3.63, 3.8) is 0 Å². The first kappa shape index (κ1) is 14.7. The van der Waals surface area contributed by atoms with Gasteiger partial charge in [0, 0.05) is 13.0 Å². The third-order valence-corrected chi connectivity index (χ3v) is 2.64. The third-order valence-electron chi connectivity index (χ3n) is 2.64. The molecule has 1 aromatic rings. The molecule has 18 heavy (non-hydrogen) atoms. The zero-order chi connectivity index (χ0) is 13.6. The molecule has 0 atom stereocenters. The summed E-state index contributed by atoms with van der Waals surface area (Å²) in [6.45, 7) is 7.45. The van der Waals surface area contributed by atoms with Crippen LogP contribution in [0.5, 0.6) is 0 Å². The molecule has 0 unspecified atom stereocenters. The van der Waals surface area contributed by atoms with Crippen molar-refractivity contribution in [3.8, 4) is 0 Å². The Morgan fingerprint density at radius 3 is 2.22 bits per heavy atom. The molecule has 0 aromatic heterocycles. The average molecular weight is 248 g/mol. The van der Waals surface area contributed by atoms with Crippen LogP contribution < -0.4 is 11.1 Å². The SMILES string of the molecule is CC(C)(C)CC(=O)NCc1ccc(CCN)cc1. The maximum Gasteiger partial charge on any atom is 0.220 e. The van der Waals surface area contributed by atoms with Crippen LogP contribution in [0.1, 0.15) is 38.3 Å². The van der Waals surface area contributed by atoms with E-state index in [9.17, 15) is 4.79 Å². The van der Waals surface area contributed by atoms with Crippen LogP contribution in [-0.4, -0.2) is 12.5 Å². The minimum absolute atomic E-state index is 0.0368. The van der Waals surface area contributed by atoms with Gasteiger partial charge in [-0.15, -0.1) is 0 Å². The highest BCUT2D eigenvalue weighted by molar-refractivity contribution is 5.76. The van der Waals surface area contributed by atoms with Gasteiger partial charge in [-0.2, -0.15) is 0 Å². The molecule has 0 saturated heterocycles. The van der Waals surface area contributed by atoms with Gasteiger partial charge >= 0.3 is 0 Å². The molecule has 3 heteroatoms. The molecule has 0 fully saturated rings. The molecule has 0 aliphatic heterocycles. The van der Waals surface area contributed by atoms with Gasteiger partial charge in [0.2, 0.25) is 5.91 Å². The van der Waals surface area contributed by atoms with E-state index < -0.39 is 0 Å². The quantitative estimate of drug-likeness (QED) is 0.839. The van der Waals surface area contributed by atoms with Crippen LogP contribution in [0.4, 0.5) is 0 Å². The highest BCUT2D eigenvalue weighted by Crippen LogP contribution is 2.17. The lowest BCUT2D eigenvalue weighted by Gasteiger charge is -2.17. The van der Waals surface area contributed by atoms with Crippen LogP contribution in [0.3, 0.4) is 0 Å². The van der Waals surface area contributed by atoms with E-state index in [-0.39, 0.29) is 11.3 Å². The Hall–Kier alpha value is -1.35. The number of rotatable bonds is 5. The van der Waals surface area contributed by atoms with Gasteiger partial charge in [0.05, 0.1) is 0 Å². The molecule has 100 valence electrons. The average Bonchev–Trinajstić information content (AvgIpc) is 2.26. The van der Waals surface area contributed by atoms with E-state index in [0.29, 0.717) is 19.5 Å². The van der Waals surface area contributed by atoms with Gasteiger partial charge in [0.15, 0.2) is 0 Å². The van der Waals surface area contributed by atoms with Gasteiger partial charge in [0.1, 0.15) is 0 Å². The van der Waals surface area contributed by atoms with Crippen LogP contribution in [0.25, 0.3) is 0 Å². The van der Waals surface area contributed by atoms with Crippen molar-refractivity contribution in [1.29, 1.82) is 0 Å². The first-order valence-electron chi connectivity index (χ1n) is 6.45. The zero-order valence-corrected chi connectivity index (χ0v) is 11.6. The molecule has 1 amide bonds. The molecule has 3 N–H and O–H groups in total. The van der Waals surface area contributed by atoms with Crippen LogP contribution in [0.2, 0.25) is 0 Å². The number of carbonyl (C=O) groups is 1. The summed E-state index contributed by atoms with van der Waals surface area (Å²) in [6, 6.07) is 8.22. The van der Waals surface area contributed by atoms with E-state index in [1.54, 1.807) is 0 Å². The van der Waals surface area contributed by atoms with E-state index >= 15 is 0 Å². The van der Waals surface area contributed by atoms with Gasteiger partial charge in [-0.1, -0.05) is 45.0 Å². The highest BCUT2D eigenvalue weighted by Gasteiger charge is 2.15. The van der Waals surface area contributed by atoms with Crippen molar-refractivity contribution in [2.75, 3.05) is 6.54 Å². The predicted octanol–water partition coefficient (Wildman–Crippen LogP) is 2.24. The second-order valence-corrected chi connectivity index (χ2v) is 5.87. The number of hydrogen-bond donors (Lipinski definition) is 2. The molecular weight excluding hydrogens is 224 g/mol. The van der Waals surface area contributed by atoms with Gasteiger partial charge in [-0.05, 0) is 29.5 Å². The molecule has 0 aliphatic carbocycles. The maximum absolute atomic E-state index is 11.7. The lowest BCUT2D eigenvalue weighted by molar-refractivity contribution is -0.122. The Balaban J connectivity index is 2.41. The van der Waals surface area contributed by atoms with Gasteiger partial charge in [0.25, 0.3) is 0 Å². The Kier molecular flexibility index (Phi) is 5.35. The van der Waals surface area contributed by atoms with Crippen molar-refractivity contribution in [3.05, 3.63) is 35.4 Å². The van der Waals surface area contributed by atoms with E-state index in [2.05, 4.69) is 38.2 Å². The summed E-state index contributed by atoms with van der Waals surface area (Å²) in [5, 5.41) is 2.94. The molecule has 0 heterocycles. The Bertz CT molecular complexity index is 376. The van der Waals surface area contributed by atoms with Gasteiger partial charge in [-0.3, -0.25) is 4.79 Å². The number of nitrogens with two attached hydrogens (primary N) is 1. The molecular formula is C15H24N2O. The van der Waals surface area contributed by atoms with Crippen LogP contribution >= 0.6 is 0 Å². The summed E-state index contributed by atoms with van der Waals surface area (Å²) < 4.78 is 0. The molecule has 3 nitrogen and oxygen atoms in total. The summed E-state index contributed by atoms with van der Waals surface area (Å²) in [5.41, 5.74) is 7.90. The first-order valence-corrected chi connectivity index (χ1v) is 6.45. The zero-order valence-electron chi connectivity index (χ0n) is 11.6. The smallest absolute Gasteiger partial charge is 0.220 e. The predicted molar refractivity (Wildman–Crippen MR) is 75.1 cm³/mol. The summed E-state index contributed by atoms with van der Waals surface area (Å²) in [5.74, 6) is 0.105. The van der Waals surface area contributed by atoms with Crippen molar-refractivity contribution in [2.24, 2.45) is 11.1 Å². The lowest BCUT2D eigenvalue weighted by atomic mass is 9.92. The fourth-order valence-electron chi connectivity index (χ4n) is 1.74. The standard InChI is InChI=1S/C15H24N2O/c1-15(2,3)10-14(18)17-11-13-6-4-12(5-7-13)8-9-16/h4-7H,8-11,16H2,1-3H3,(H,17,18). The van der Waals surface area contributed by atoms with Crippen molar-refractivity contribution < 1.29 is 4.79 Å². The fourth-order valence-corrected chi connectivity index (χ4v) is 1.74. The minimum atomic E-state index is 0.0368. The Labute approximate surface area is 110 Å². The summed E-state index contributed by atoms with van der Waals surface area (Å²) in [6.07, 6.45) is 1.45. The maximum atomic E-state index is 11.7. The van der Waals surface area contributed by atoms with Crippen molar-refractivity contribution >= 4 is 5.91 Å². The minimum Gasteiger partial charge on any atom is -0.352 e. The number of carbonyl (C=O) groups excluding carboxylic acids is 1. The number of nitrogens with one attached hydrogen (secondary N) is 1. The van der Waals surface area contributed by atoms with Crippen LogP contribution in [0, 0.1) is 5.41 Å². The van der Waals surface area contributed by atoms with Gasteiger partial charge in [-0.25, -0.2) is 0 Å². The number of hydrogen-bond acceptors (Lipinski definition) is 2. The summed E-state index contributed by atoms with van der Waals surface area (Å²) in [4.78, 5) is 11.7. The van der Waals surface area contributed by atoms with Crippen LogP contribution in [0.15, 0.2) is 24.3 Å². The molecule has 1 aromatic carbocycles. The van der Waals surface area contributed by atoms with Crippen LogP contribution in [-0.2, 0) is 17.8 Å². The molecule has 0 aliphatic rings. The summed E-state index contributed by atoms with van der Waals surface area (Å²) >= 11 is 0. The molecule has 1 rings (SSSR count). The number of amides is 1. The topological polar surface area (TPSA) is 55.1 Å². The Morgan fingerprint density at radius 1 is 1.17 bits per heavy atom. The molecule has 0 saturated carbocycles. The third kappa shape index (κ3) is 5.82. The van der Waals surface area contributed by atoms with E-state index in [1.165, 1.54) is 5.56 Å². The molecule has 0 bridgehead atoms. The lowest BCUT2D eigenvalue weighted by Crippen LogP contribution is -2.27. The molecule has 0 spiro atoms. The van der Waals surface area contributed by atoms with Crippen molar-refractivity contribution in [2.45, 2.75) is 40.2 Å². The van der Waals surface area contributed by atoms with E-state index in [0.717, 1.165) is 12.0 Å². The Morgan fingerprint density at radius 2 is 1.72 bits per heavy atom. The second kappa shape index (κ2) is 6.55. The molecule has 0 radical (unpaired) electrons. The highest BCUT2D eigenvalue weighted by atomic mass is 16.1. The second-order valence-electron chi connectivity index (χ2n) is 5.87. The van der Waals surface area contributed by atoms with Crippen molar-refractivity contribution in [1.82, 2.24) is 5.32 Å².